The van der Waals surface area contributed by atoms with Gasteiger partial charge >= 0.3 is 0 Å². The third-order valence-corrected chi connectivity index (χ3v) is 2.49. The molecule has 0 spiro atoms. The van der Waals surface area contributed by atoms with E-state index in [1.807, 2.05) is 18.2 Å². The molecule has 0 aromatic heterocycles. The fraction of sp³-hybridized carbons (Fsp3) is 0.385. The van der Waals surface area contributed by atoms with Crippen molar-refractivity contribution in [3.63, 3.8) is 0 Å². The summed E-state index contributed by atoms with van der Waals surface area (Å²) < 4.78 is 5.25. The normalized spacial score (nSPS) is 11.4. The van der Waals surface area contributed by atoms with Crippen LogP contribution in [0.1, 0.15) is 31.4 Å². The van der Waals surface area contributed by atoms with Gasteiger partial charge in [0.05, 0.1) is 12.0 Å². The smallest absolute Gasteiger partial charge is 0.243 e. The maximum Gasteiger partial charge on any atom is 0.243 e. The highest BCUT2D eigenvalue weighted by molar-refractivity contribution is 5.59. The van der Waals surface area contributed by atoms with E-state index in [-0.39, 0.29) is 5.70 Å². The van der Waals surface area contributed by atoms with Crippen LogP contribution in [-0.2, 0) is 6.42 Å². The Balaban J connectivity index is 3.08. The average molecular weight is 235 g/mol. The molecule has 1 aromatic carbocycles. The second-order valence-electron chi connectivity index (χ2n) is 3.87. The van der Waals surface area contributed by atoms with Crippen LogP contribution in [0.3, 0.4) is 0 Å². The molecular formula is C13H17NO3. The number of ether oxygens (including phenoxy) is 1. The molecule has 1 rings (SSSR count). The highest BCUT2D eigenvalue weighted by Gasteiger charge is 2.07. The van der Waals surface area contributed by atoms with Crippen molar-refractivity contribution in [2.45, 2.75) is 26.7 Å². The zero-order valence-electron chi connectivity index (χ0n) is 10.4. The first-order valence-corrected chi connectivity index (χ1v) is 5.58. The molecule has 4 heteroatoms. The molecule has 0 atom stereocenters. The van der Waals surface area contributed by atoms with Gasteiger partial charge in [0.2, 0.25) is 5.70 Å². The van der Waals surface area contributed by atoms with E-state index < -0.39 is 4.92 Å². The van der Waals surface area contributed by atoms with Crippen molar-refractivity contribution in [3.05, 3.63) is 45.1 Å². The van der Waals surface area contributed by atoms with Gasteiger partial charge in [-0.05, 0) is 18.1 Å². The summed E-state index contributed by atoms with van der Waals surface area (Å²) in [7, 11) is 1.57. The molecule has 0 aliphatic rings. The van der Waals surface area contributed by atoms with Crippen LogP contribution in [0.5, 0.6) is 5.75 Å². The van der Waals surface area contributed by atoms with E-state index in [0.29, 0.717) is 5.75 Å². The Kier molecular flexibility index (Phi) is 4.69. The van der Waals surface area contributed by atoms with Gasteiger partial charge in [-0.1, -0.05) is 25.5 Å². The van der Waals surface area contributed by atoms with Gasteiger partial charge in [-0.3, -0.25) is 10.1 Å². The predicted molar refractivity (Wildman–Crippen MR) is 67.6 cm³/mol. The number of hydrogen-bond donors (Lipinski definition) is 0. The summed E-state index contributed by atoms with van der Waals surface area (Å²) in [6, 6.07) is 5.77. The topological polar surface area (TPSA) is 52.4 Å². The zero-order chi connectivity index (χ0) is 12.8. The first-order chi connectivity index (χ1) is 8.08. The highest BCUT2D eigenvalue weighted by atomic mass is 16.6. The molecular weight excluding hydrogens is 218 g/mol. The summed E-state index contributed by atoms with van der Waals surface area (Å²) in [5.41, 5.74) is 2.02. The molecule has 92 valence electrons. The number of rotatable bonds is 5. The molecule has 0 radical (unpaired) electrons. The number of nitrogens with zero attached hydrogens (tertiary/aromatic N) is 1. The lowest BCUT2D eigenvalue weighted by molar-refractivity contribution is -0.422. The van der Waals surface area contributed by atoms with Crippen LogP contribution in [0.15, 0.2) is 23.9 Å². The van der Waals surface area contributed by atoms with Gasteiger partial charge in [-0.15, -0.1) is 0 Å². The minimum Gasteiger partial charge on any atom is -0.496 e. The van der Waals surface area contributed by atoms with Crippen LogP contribution in [0.4, 0.5) is 0 Å². The average Bonchev–Trinajstić information content (AvgIpc) is 2.31. The van der Waals surface area contributed by atoms with Crippen molar-refractivity contribution in [2.24, 2.45) is 0 Å². The van der Waals surface area contributed by atoms with Gasteiger partial charge in [-0.25, -0.2) is 0 Å². The number of allylic oxidation sites excluding steroid dienone is 1. The van der Waals surface area contributed by atoms with E-state index in [0.717, 1.165) is 18.4 Å². The van der Waals surface area contributed by atoms with Crippen molar-refractivity contribution in [3.8, 4) is 5.75 Å². The van der Waals surface area contributed by atoms with Crippen molar-refractivity contribution in [1.82, 2.24) is 0 Å². The minimum atomic E-state index is -0.403. The van der Waals surface area contributed by atoms with Crippen molar-refractivity contribution in [1.29, 1.82) is 0 Å². The van der Waals surface area contributed by atoms with Gasteiger partial charge in [0, 0.05) is 18.6 Å². The van der Waals surface area contributed by atoms with E-state index in [4.69, 9.17) is 4.74 Å². The first-order valence-electron chi connectivity index (χ1n) is 5.58. The minimum absolute atomic E-state index is 0.103. The number of methoxy groups -OCH3 is 1. The molecule has 0 N–H and O–H groups in total. The molecule has 0 amide bonds. The van der Waals surface area contributed by atoms with Gasteiger partial charge < -0.3 is 4.74 Å². The van der Waals surface area contributed by atoms with Crippen molar-refractivity contribution < 1.29 is 9.66 Å². The zero-order valence-corrected chi connectivity index (χ0v) is 10.4. The van der Waals surface area contributed by atoms with Crippen LogP contribution in [0.25, 0.3) is 6.08 Å². The van der Waals surface area contributed by atoms with Crippen LogP contribution in [0, 0.1) is 10.1 Å². The number of aryl methyl sites for hydroxylation is 1. The van der Waals surface area contributed by atoms with Crippen LogP contribution >= 0.6 is 0 Å². The van der Waals surface area contributed by atoms with Gasteiger partial charge in [0.1, 0.15) is 5.75 Å². The molecule has 0 aliphatic heterocycles. The monoisotopic (exact) mass is 235 g/mol. The Morgan fingerprint density at radius 1 is 1.53 bits per heavy atom. The van der Waals surface area contributed by atoms with Crippen molar-refractivity contribution >= 4 is 6.08 Å². The second-order valence-corrected chi connectivity index (χ2v) is 3.87. The van der Waals surface area contributed by atoms with E-state index in [1.165, 1.54) is 18.6 Å². The molecule has 0 fully saturated rings. The Morgan fingerprint density at radius 2 is 2.24 bits per heavy atom. The summed E-state index contributed by atoms with van der Waals surface area (Å²) in [6.07, 6.45) is 3.56. The first kappa shape index (κ1) is 13.2. The maximum atomic E-state index is 10.6. The third-order valence-electron chi connectivity index (χ3n) is 2.49. The molecule has 17 heavy (non-hydrogen) atoms. The number of benzene rings is 1. The lowest BCUT2D eigenvalue weighted by Gasteiger charge is -2.07. The number of nitro groups is 1. The van der Waals surface area contributed by atoms with E-state index in [2.05, 4.69) is 6.92 Å². The lowest BCUT2D eigenvalue weighted by atomic mass is 10.1. The van der Waals surface area contributed by atoms with Crippen molar-refractivity contribution in [2.75, 3.05) is 7.11 Å². The van der Waals surface area contributed by atoms with Gasteiger partial charge in [-0.2, -0.15) is 0 Å². The summed E-state index contributed by atoms with van der Waals surface area (Å²) in [4.78, 5) is 10.2. The molecule has 0 saturated heterocycles. The summed E-state index contributed by atoms with van der Waals surface area (Å²) in [5.74, 6) is 0.678. The van der Waals surface area contributed by atoms with E-state index in [9.17, 15) is 10.1 Å². The molecule has 0 unspecified atom stereocenters. The fourth-order valence-electron chi connectivity index (χ4n) is 1.60. The summed E-state index contributed by atoms with van der Waals surface area (Å²) in [6.45, 7) is 3.58. The number of hydrogen-bond acceptors (Lipinski definition) is 3. The Labute approximate surface area is 101 Å². The fourth-order valence-corrected chi connectivity index (χ4v) is 1.60. The Bertz CT molecular complexity index is 438. The predicted octanol–water partition coefficient (Wildman–Crippen LogP) is 3.29. The molecule has 0 aliphatic carbocycles. The molecule has 0 heterocycles. The lowest BCUT2D eigenvalue weighted by Crippen LogP contribution is -1.95. The summed E-state index contributed by atoms with van der Waals surface area (Å²) in [5, 5.41) is 10.6. The third kappa shape index (κ3) is 3.59. The van der Waals surface area contributed by atoms with E-state index in [1.54, 1.807) is 7.11 Å². The van der Waals surface area contributed by atoms with Gasteiger partial charge in [0.15, 0.2) is 0 Å². The highest BCUT2D eigenvalue weighted by Crippen LogP contribution is 2.23. The molecule has 1 aromatic rings. The second kappa shape index (κ2) is 6.03. The van der Waals surface area contributed by atoms with Crippen LogP contribution in [0.2, 0.25) is 0 Å². The Hall–Kier alpha value is -1.84. The molecule has 0 saturated carbocycles. The van der Waals surface area contributed by atoms with Crippen LogP contribution in [-0.4, -0.2) is 12.0 Å². The van der Waals surface area contributed by atoms with E-state index >= 15 is 0 Å². The summed E-state index contributed by atoms with van der Waals surface area (Å²) >= 11 is 0. The molecule has 4 nitrogen and oxygen atoms in total. The Morgan fingerprint density at radius 3 is 2.76 bits per heavy atom. The quantitative estimate of drug-likeness (QED) is 0.581. The van der Waals surface area contributed by atoms with Gasteiger partial charge in [0.25, 0.3) is 0 Å². The molecule has 0 bridgehead atoms. The SMILES string of the molecule is CCCc1ccc(/C=C(\C)[N+](=O)[O-])c(OC)c1. The maximum absolute atomic E-state index is 10.6. The largest absolute Gasteiger partial charge is 0.496 e. The van der Waals surface area contributed by atoms with Crippen LogP contribution < -0.4 is 4.74 Å². The standard InChI is InChI=1S/C13H17NO3/c1-4-5-11-6-7-12(13(9-11)17-3)8-10(2)14(15)16/h6-9H,4-5H2,1-3H3/b10-8+.